The predicted octanol–water partition coefficient (Wildman–Crippen LogP) is 0.979. The molecule has 2 saturated heterocycles. The van der Waals surface area contributed by atoms with E-state index in [1.807, 2.05) is 0 Å². The summed E-state index contributed by atoms with van der Waals surface area (Å²) in [6.45, 7) is 2.04. The van der Waals surface area contributed by atoms with Crippen molar-refractivity contribution in [1.82, 2.24) is 19.2 Å². The highest BCUT2D eigenvalue weighted by Gasteiger charge is 2.38. The van der Waals surface area contributed by atoms with Crippen LogP contribution in [0.2, 0.25) is 5.15 Å². The molecule has 8 heteroatoms. The lowest BCUT2D eigenvalue weighted by atomic mass is 10.00. The minimum atomic E-state index is -3.64. The number of nitrogens with one attached hydrogen (secondary N) is 1. The second kappa shape index (κ2) is 5.29. The van der Waals surface area contributed by atoms with Crippen molar-refractivity contribution in [2.45, 2.75) is 42.8 Å². The first-order valence-electron chi connectivity index (χ1n) is 6.92. The van der Waals surface area contributed by atoms with Gasteiger partial charge in [-0.05, 0) is 25.8 Å². The summed E-state index contributed by atoms with van der Waals surface area (Å²) in [6.07, 6.45) is 5.71. The van der Waals surface area contributed by atoms with Gasteiger partial charge in [-0.15, -0.1) is 0 Å². The Morgan fingerprint density at radius 1 is 1.35 bits per heavy atom. The lowest BCUT2D eigenvalue weighted by Gasteiger charge is -2.32. The third kappa shape index (κ3) is 2.47. The van der Waals surface area contributed by atoms with E-state index < -0.39 is 10.0 Å². The van der Waals surface area contributed by atoms with Crippen molar-refractivity contribution in [3.63, 3.8) is 0 Å². The number of imidazole rings is 1. The van der Waals surface area contributed by atoms with Gasteiger partial charge in [-0.25, -0.2) is 18.1 Å². The molecule has 1 aromatic heterocycles. The molecule has 0 aromatic carbocycles. The van der Waals surface area contributed by atoms with E-state index in [0.717, 1.165) is 25.9 Å². The number of fused-ring (bicyclic) bond motifs is 1. The largest absolute Gasteiger partial charge is 0.324 e. The number of hydrogen-bond donors (Lipinski definition) is 1. The second-order valence-electron chi connectivity index (χ2n) is 5.57. The fourth-order valence-corrected chi connectivity index (χ4v) is 4.95. The Morgan fingerprint density at radius 3 is 2.85 bits per heavy atom. The van der Waals surface area contributed by atoms with Gasteiger partial charge in [-0.2, -0.15) is 0 Å². The Hall–Kier alpha value is -0.630. The normalized spacial score (nSPS) is 27.7. The molecule has 0 spiro atoms. The van der Waals surface area contributed by atoms with Gasteiger partial charge < -0.3 is 4.57 Å². The van der Waals surface area contributed by atoms with E-state index in [1.54, 1.807) is 7.05 Å². The number of piperidine rings is 1. The predicted molar refractivity (Wildman–Crippen MR) is 76.2 cm³/mol. The first-order valence-corrected chi connectivity index (χ1v) is 8.78. The zero-order chi connectivity index (χ0) is 14.3. The van der Waals surface area contributed by atoms with Gasteiger partial charge in [0.25, 0.3) is 10.0 Å². The number of nitrogens with zero attached hydrogens (tertiary/aromatic N) is 3. The maximum Gasteiger partial charge on any atom is 0.261 e. The van der Waals surface area contributed by atoms with Crippen molar-refractivity contribution >= 4 is 21.6 Å². The van der Waals surface area contributed by atoms with E-state index >= 15 is 0 Å². The molecule has 0 aliphatic carbocycles. The Labute approximate surface area is 124 Å². The number of hydrogen-bond acceptors (Lipinski definition) is 4. The highest BCUT2D eigenvalue weighted by atomic mass is 35.5. The van der Waals surface area contributed by atoms with Crippen molar-refractivity contribution in [3.8, 4) is 0 Å². The minimum absolute atomic E-state index is 0.0293. The molecule has 1 aromatic rings. The SMILES string of the molecule is Cn1cnc(S(=O)(=O)NC2CCN3CCCCC23)c1Cl. The average Bonchev–Trinajstić information content (AvgIpc) is 2.96. The highest BCUT2D eigenvalue weighted by molar-refractivity contribution is 7.89. The van der Waals surface area contributed by atoms with E-state index in [2.05, 4.69) is 14.6 Å². The standard InChI is InChI=1S/C12H19ClN4O2S/c1-16-8-14-12(11(16)13)20(18,19)15-9-5-7-17-6-3-2-4-10(9)17/h8-10,15H,2-7H2,1H3. The Kier molecular flexibility index (Phi) is 3.79. The van der Waals surface area contributed by atoms with Crippen LogP contribution in [0.25, 0.3) is 0 Å². The summed E-state index contributed by atoms with van der Waals surface area (Å²) >= 11 is 5.99. The molecule has 2 aliphatic rings. The van der Waals surface area contributed by atoms with E-state index in [9.17, 15) is 8.42 Å². The van der Waals surface area contributed by atoms with Gasteiger partial charge in [0.2, 0.25) is 5.03 Å². The summed E-state index contributed by atoms with van der Waals surface area (Å²) in [5, 5.41) is 0.0759. The Balaban J connectivity index is 1.78. The molecule has 2 atom stereocenters. The lowest BCUT2D eigenvalue weighted by molar-refractivity contribution is 0.186. The average molecular weight is 319 g/mol. The summed E-state index contributed by atoms with van der Waals surface area (Å²) in [6, 6.07) is 0.291. The minimum Gasteiger partial charge on any atom is -0.324 e. The summed E-state index contributed by atoms with van der Waals surface area (Å²) < 4.78 is 29.1. The maximum atomic E-state index is 12.4. The van der Waals surface area contributed by atoms with Crippen molar-refractivity contribution in [3.05, 3.63) is 11.5 Å². The van der Waals surface area contributed by atoms with E-state index in [1.165, 1.54) is 23.7 Å². The van der Waals surface area contributed by atoms with E-state index in [0.29, 0.717) is 6.04 Å². The number of rotatable bonds is 3. The van der Waals surface area contributed by atoms with Gasteiger partial charge in [0, 0.05) is 25.7 Å². The molecule has 0 saturated carbocycles. The monoisotopic (exact) mass is 318 g/mol. The van der Waals surface area contributed by atoms with Gasteiger partial charge in [0.15, 0.2) is 0 Å². The quantitative estimate of drug-likeness (QED) is 0.902. The molecule has 3 rings (SSSR count). The molecule has 0 radical (unpaired) electrons. The summed E-state index contributed by atoms with van der Waals surface area (Å²) in [7, 11) is -1.97. The van der Waals surface area contributed by atoms with Crippen molar-refractivity contribution < 1.29 is 8.42 Å². The molecule has 1 N–H and O–H groups in total. The number of halogens is 1. The van der Waals surface area contributed by atoms with Crippen molar-refractivity contribution in [2.75, 3.05) is 13.1 Å². The number of aryl methyl sites for hydroxylation is 1. The molecule has 20 heavy (non-hydrogen) atoms. The Morgan fingerprint density at radius 2 is 2.15 bits per heavy atom. The van der Waals surface area contributed by atoms with Gasteiger partial charge in [-0.3, -0.25) is 4.90 Å². The molecular formula is C12H19ClN4O2S. The van der Waals surface area contributed by atoms with Gasteiger partial charge in [0.1, 0.15) is 5.15 Å². The van der Waals surface area contributed by atoms with Crippen LogP contribution in [0.3, 0.4) is 0 Å². The van der Waals surface area contributed by atoms with Crippen LogP contribution in [0.1, 0.15) is 25.7 Å². The van der Waals surface area contributed by atoms with Crippen LogP contribution in [-0.4, -0.2) is 48.0 Å². The fourth-order valence-electron chi connectivity index (χ4n) is 3.21. The second-order valence-corrected chi connectivity index (χ2v) is 7.55. The lowest BCUT2D eigenvalue weighted by Crippen LogP contribution is -2.46. The highest BCUT2D eigenvalue weighted by Crippen LogP contribution is 2.28. The first kappa shape index (κ1) is 14.3. The summed E-state index contributed by atoms with van der Waals surface area (Å²) in [5.74, 6) is 0. The maximum absolute atomic E-state index is 12.4. The van der Waals surface area contributed by atoms with Crippen LogP contribution in [0, 0.1) is 0 Å². The fraction of sp³-hybridized carbons (Fsp3) is 0.750. The summed E-state index contributed by atoms with van der Waals surface area (Å²) in [4.78, 5) is 6.29. The van der Waals surface area contributed by atoms with Gasteiger partial charge >= 0.3 is 0 Å². The van der Waals surface area contributed by atoms with Crippen LogP contribution < -0.4 is 4.72 Å². The van der Waals surface area contributed by atoms with Gasteiger partial charge in [0.05, 0.1) is 6.33 Å². The van der Waals surface area contributed by atoms with Crippen LogP contribution in [0.4, 0.5) is 0 Å². The molecule has 112 valence electrons. The summed E-state index contributed by atoms with van der Waals surface area (Å²) in [5.41, 5.74) is 0. The molecular weight excluding hydrogens is 300 g/mol. The molecule has 0 bridgehead atoms. The molecule has 6 nitrogen and oxygen atoms in total. The number of sulfonamides is 1. The molecule has 2 aliphatic heterocycles. The van der Waals surface area contributed by atoms with Crippen molar-refractivity contribution in [1.29, 1.82) is 0 Å². The van der Waals surface area contributed by atoms with Crippen LogP contribution >= 0.6 is 11.6 Å². The van der Waals surface area contributed by atoms with E-state index in [4.69, 9.17) is 11.6 Å². The zero-order valence-corrected chi connectivity index (χ0v) is 13.0. The zero-order valence-electron chi connectivity index (χ0n) is 11.4. The van der Waals surface area contributed by atoms with Crippen molar-refractivity contribution in [2.24, 2.45) is 7.05 Å². The first-order chi connectivity index (χ1) is 9.49. The van der Waals surface area contributed by atoms with Crippen LogP contribution in [0.15, 0.2) is 11.4 Å². The molecule has 2 unspecified atom stereocenters. The Bertz CT molecular complexity index is 601. The van der Waals surface area contributed by atoms with Crippen LogP contribution in [-0.2, 0) is 17.1 Å². The van der Waals surface area contributed by atoms with E-state index in [-0.39, 0.29) is 16.2 Å². The van der Waals surface area contributed by atoms with Crippen LogP contribution in [0.5, 0.6) is 0 Å². The molecule has 3 heterocycles. The topological polar surface area (TPSA) is 67.2 Å². The molecule has 0 amide bonds. The third-order valence-electron chi connectivity index (χ3n) is 4.25. The smallest absolute Gasteiger partial charge is 0.261 e. The number of aromatic nitrogens is 2. The molecule has 2 fully saturated rings. The third-order valence-corrected chi connectivity index (χ3v) is 6.23. The van der Waals surface area contributed by atoms with Gasteiger partial charge in [-0.1, -0.05) is 18.0 Å².